The van der Waals surface area contributed by atoms with E-state index >= 15 is 0 Å². The van der Waals surface area contributed by atoms with Crippen molar-refractivity contribution in [2.75, 3.05) is 0 Å². The molecule has 0 heterocycles. The van der Waals surface area contributed by atoms with Crippen LogP contribution in [0.5, 0.6) is 5.75 Å². The predicted molar refractivity (Wildman–Crippen MR) is 34.4 cm³/mol. The molecule has 0 saturated heterocycles. The SMILES string of the molecule is Cc1ccccc1OO. The Morgan fingerprint density at radius 3 is 2.44 bits per heavy atom. The van der Waals surface area contributed by atoms with Crippen molar-refractivity contribution >= 4 is 0 Å². The quantitative estimate of drug-likeness (QED) is 0.457. The smallest absolute Gasteiger partial charge is 0.168 e. The maximum absolute atomic E-state index is 8.22. The van der Waals surface area contributed by atoms with Crippen LogP contribution in [-0.4, -0.2) is 5.26 Å². The minimum Gasteiger partial charge on any atom is -0.340 e. The molecule has 1 N–H and O–H groups in total. The van der Waals surface area contributed by atoms with Crippen molar-refractivity contribution in [1.82, 2.24) is 0 Å². The largest absolute Gasteiger partial charge is 0.340 e. The van der Waals surface area contributed by atoms with Gasteiger partial charge in [0, 0.05) is 0 Å². The first kappa shape index (κ1) is 6.11. The molecule has 0 unspecified atom stereocenters. The van der Waals surface area contributed by atoms with Crippen molar-refractivity contribution in [3.05, 3.63) is 29.8 Å². The van der Waals surface area contributed by atoms with E-state index in [1.807, 2.05) is 19.1 Å². The van der Waals surface area contributed by atoms with E-state index in [2.05, 4.69) is 4.89 Å². The van der Waals surface area contributed by atoms with Crippen LogP contribution >= 0.6 is 0 Å². The number of benzene rings is 1. The fourth-order valence-corrected chi connectivity index (χ4v) is 0.659. The first-order valence-corrected chi connectivity index (χ1v) is 2.71. The van der Waals surface area contributed by atoms with Crippen molar-refractivity contribution in [2.24, 2.45) is 0 Å². The summed E-state index contributed by atoms with van der Waals surface area (Å²) < 4.78 is 0. The number of para-hydroxylation sites is 1. The molecule has 0 radical (unpaired) electrons. The lowest BCUT2D eigenvalue weighted by Gasteiger charge is -1.97. The average molecular weight is 124 g/mol. The molecule has 1 aromatic carbocycles. The van der Waals surface area contributed by atoms with E-state index in [-0.39, 0.29) is 0 Å². The van der Waals surface area contributed by atoms with Gasteiger partial charge in [0.25, 0.3) is 0 Å². The van der Waals surface area contributed by atoms with Crippen LogP contribution in [0.2, 0.25) is 0 Å². The van der Waals surface area contributed by atoms with E-state index in [9.17, 15) is 0 Å². The van der Waals surface area contributed by atoms with Gasteiger partial charge in [0.2, 0.25) is 0 Å². The van der Waals surface area contributed by atoms with Crippen LogP contribution in [0.25, 0.3) is 0 Å². The normalized spacial score (nSPS) is 9.11. The number of hydrogen-bond acceptors (Lipinski definition) is 2. The number of hydrogen-bond donors (Lipinski definition) is 1. The molecule has 0 aliphatic heterocycles. The van der Waals surface area contributed by atoms with E-state index in [0.29, 0.717) is 5.75 Å². The summed E-state index contributed by atoms with van der Waals surface area (Å²) in [6.07, 6.45) is 0. The molecule has 0 spiro atoms. The maximum atomic E-state index is 8.22. The van der Waals surface area contributed by atoms with Gasteiger partial charge in [-0.3, -0.25) is 0 Å². The van der Waals surface area contributed by atoms with Crippen molar-refractivity contribution in [1.29, 1.82) is 0 Å². The lowest BCUT2D eigenvalue weighted by atomic mass is 10.2. The zero-order valence-corrected chi connectivity index (χ0v) is 5.16. The topological polar surface area (TPSA) is 29.5 Å². The minimum atomic E-state index is 0.512. The summed E-state index contributed by atoms with van der Waals surface area (Å²) in [4.78, 5) is 4.04. The summed E-state index contributed by atoms with van der Waals surface area (Å²) >= 11 is 0. The molecule has 0 fully saturated rings. The highest BCUT2D eigenvalue weighted by atomic mass is 17.1. The molecule has 0 saturated carbocycles. The van der Waals surface area contributed by atoms with E-state index in [1.54, 1.807) is 12.1 Å². The predicted octanol–water partition coefficient (Wildman–Crippen LogP) is 1.85. The maximum Gasteiger partial charge on any atom is 0.168 e. The minimum absolute atomic E-state index is 0.512. The highest BCUT2D eigenvalue weighted by Gasteiger charge is 1.93. The molecule has 9 heavy (non-hydrogen) atoms. The fourth-order valence-electron chi connectivity index (χ4n) is 0.659. The van der Waals surface area contributed by atoms with Gasteiger partial charge in [-0.15, -0.1) is 0 Å². The van der Waals surface area contributed by atoms with Gasteiger partial charge in [-0.25, -0.2) is 5.26 Å². The van der Waals surface area contributed by atoms with E-state index in [1.165, 1.54) is 0 Å². The van der Waals surface area contributed by atoms with Crippen molar-refractivity contribution in [3.63, 3.8) is 0 Å². The van der Waals surface area contributed by atoms with Gasteiger partial charge in [-0.05, 0) is 18.6 Å². The highest BCUT2D eigenvalue weighted by Crippen LogP contribution is 2.14. The number of rotatable bonds is 1. The Kier molecular flexibility index (Phi) is 1.70. The third-order valence-corrected chi connectivity index (χ3v) is 1.19. The van der Waals surface area contributed by atoms with Crippen LogP contribution in [-0.2, 0) is 0 Å². The Hall–Kier alpha value is -1.02. The summed E-state index contributed by atoms with van der Waals surface area (Å²) in [7, 11) is 0. The molecule has 0 amide bonds. The van der Waals surface area contributed by atoms with Gasteiger partial charge in [0.15, 0.2) is 5.75 Å². The van der Waals surface area contributed by atoms with Crippen LogP contribution in [0.4, 0.5) is 0 Å². The van der Waals surface area contributed by atoms with Gasteiger partial charge < -0.3 is 4.89 Å². The van der Waals surface area contributed by atoms with Gasteiger partial charge in [-0.1, -0.05) is 18.2 Å². The zero-order valence-electron chi connectivity index (χ0n) is 5.16. The summed E-state index contributed by atoms with van der Waals surface area (Å²) in [6.45, 7) is 1.87. The summed E-state index contributed by atoms with van der Waals surface area (Å²) in [6, 6.07) is 7.26. The molecule has 0 aliphatic carbocycles. The Balaban J connectivity index is 3.01. The molecule has 0 bridgehead atoms. The zero-order chi connectivity index (χ0) is 6.69. The molecule has 0 aliphatic rings. The second-order valence-corrected chi connectivity index (χ2v) is 1.86. The second-order valence-electron chi connectivity index (χ2n) is 1.86. The van der Waals surface area contributed by atoms with Gasteiger partial charge in [0.1, 0.15) is 0 Å². The lowest BCUT2D eigenvalue weighted by Crippen LogP contribution is -1.85. The van der Waals surface area contributed by atoms with Crippen LogP contribution in [0.15, 0.2) is 24.3 Å². The molecule has 0 atom stereocenters. The third-order valence-electron chi connectivity index (χ3n) is 1.19. The standard InChI is InChI=1S/C7H8O2/c1-6-4-2-3-5-7(6)9-8/h2-5,8H,1H3. The first-order valence-electron chi connectivity index (χ1n) is 2.71. The van der Waals surface area contributed by atoms with E-state index in [4.69, 9.17) is 5.26 Å². The molecule has 2 nitrogen and oxygen atoms in total. The first-order chi connectivity index (χ1) is 4.34. The van der Waals surface area contributed by atoms with Crippen LogP contribution < -0.4 is 4.89 Å². The molecule has 0 aromatic heterocycles. The summed E-state index contributed by atoms with van der Waals surface area (Å²) in [5.74, 6) is 0.512. The molecule has 1 rings (SSSR count). The third kappa shape index (κ3) is 1.21. The summed E-state index contributed by atoms with van der Waals surface area (Å²) in [5, 5.41) is 8.22. The Morgan fingerprint density at radius 1 is 1.33 bits per heavy atom. The molecular formula is C7H8O2. The average Bonchev–Trinajstić information content (AvgIpc) is 1.89. The van der Waals surface area contributed by atoms with Crippen LogP contribution in [0.1, 0.15) is 5.56 Å². The fraction of sp³-hybridized carbons (Fsp3) is 0.143. The van der Waals surface area contributed by atoms with Crippen LogP contribution in [0.3, 0.4) is 0 Å². The van der Waals surface area contributed by atoms with E-state index in [0.717, 1.165) is 5.56 Å². The Morgan fingerprint density at radius 2 is 2.00 bits per heavy atom. The van der Waals surface area contributed by atoms with Crippen molar-refractivity contribution < 1.29 is 10.1 Å². The molecule has 1 aromatic rings. The van der Waals surface area contributed by atoms with Crippen molar-refractivity contribution in [2.45, 2.75) is 6.92 Å². The molecular weight excluding hydrogens is 116 g/mol. The molecule has 2 heteroatoms. The number of aryl methyl sites for hydroxylation is 1. The second kappa shape index (κ2) is 2.51. The van der Waals surface area contributed by atoms with Gasteiger partial charge >= 0.3 is 0 Å². The highest BCUT2D eigenvalue weighted by molar-refractivity contribution is 5.30. The Labute approximate surface area is 53.6 Å². The van der Waals surface area contributed by atoms with E-state index < -0.39 is 0 Å². The monoisotopic (exact) mass is 124 g/mol. The van der Waals surface area contributed by atoms with Gasteiger partial charge in [0.05, 0.1) is 0 Å². The Bertz CT molecular complexity index is 196. The van der Waals surface area contributed by atoms with Crippen molar-refractivity contribution in [3.8, 4) is 5.75 Å². The van der Waals surface area contributed by atoms with Crippen LogP contribution in [0, 0.1) is 6.92 Å². The van der Waals surface area contributed by atoms with Gasteiger partial charge in [-0.2, -0.15) is 0 Å². The molecule has 48 valence electrons. The summed E-state index contributed by atoms with van der Waals surface area (Å²) in [5.41, 5.74) is 0.931. The lowest BCUT2D eigenvalue weighted by molar-refractivity contribution is -0.138.